The van der Waals surface area contributed by atoms with E-state index in [2.05, 4.69) is 20.5 Å². The fourth-order valence-electron chi connectivity index (χ4n) is 2.83. The molecule has 1 fully saturated rings. The molecule has 142 valence electrons. The van der Waals surface area contributed by atoms with Crippen LogP contribution in [0.25, 0.3) is 0 Å². The Morgan fingerprint density at radius 2 is 1.96 bits per heavy atom. The Morgan fingerprint density at radius 3 is 2.67 bits per heavy atom. The topological polar surface area (TPSA) is 83.6 Å². The summed E-state index contributed by atoms with van der Waals surface area (Å²) in [6, 6.07) is 10.4. The van der Waals surface area contributed by atoms with Gasteiger partial charge in [0.25, 0.3) is 5.91 Å². The summed E-state index contributed by atoms with van der Waals surface area (Å²) in [4.78, 5) is 30.3. The van der Waals surface area contributed by atoms with Crippen molar-refractivity contribution in [3.63, 3.8) is 0 Å². The molecule has 0 spiro atoms. The molecule has 0 aliphatic carbocycles. The first kappa shape index (κ1) is 19.0. The molecule has 7 nitrogen and oxygen atoms in total. The molecule has 27 heavy (non-hydrogen) atoms. The maximum Gasteiger partial charge on any atom is 0.274 e. The monoisotopic (exact) mass is 368 g/mol. The van der Waals surface area contributed by atoms with Gasteiger partial charge in [-0.15, -0.1) is 0 Å². The first-order valence-corrected chi connectivity index (χ1v) is 9.04. The van der Waals surface area contributed by atoms with E-state index in [9.17, 15) is 9.59 Å². The smallest absolute Gasteiger partial charge is 0.274 e. The molecule has 1 saturated heterocycles. The minimum absolute atomic E-state index is 0.0447. The molecule has 0 unspecified atom stereocenters. The molecule has 0 radical (unpaired) electrons. The predicted molar refractivity (Wildman–Crippen MR) is 104 cm³/mol. The van der Waals surface area contributed by atoms with Gasteiger partial charge in [0.15, 0.2) is 5.78 Å². The quantitative estimate of drug-likeness (QED) is 0.730. The lowest BCUT2D eigenvalue weighted by Gasteiger charge is -2.26. The average molecular weight is 368 g/mol. The molecule has 2 aromatic rings. The van der Waals surface area contributed by atoms with Crippen molar-refractivity contribution in [2.45, 2.75) is 6.92 Å². The lowest BCUT2D eigenvalue weighted by molar-refractivity contribution is 0.0398. The van der Waals surface area contributed by atoms with Gasteiger partial charge in [0.05, 0.1) is 25.1 Å². The van der Waals surface area contributed by atoms with Crippen LogP contribution in [0.4, 0.5) is 11.4 Å². The van der Waals surface area contributed by atoms with E-state index in [0.29, 0.717) is 16.9 Å². The number of nitrogens with zero attached hydrogens (tertiary/aromatic N) is 2. The number of ketones is 1. The third-order valence-electron chi connectivity index (χ3n) is 4.38. The van der Waals surface area contributed by atoms with Crippen molar-refractivity contribution >= 4 is 23.1 Å². The Balaban J connectivity index is 1.51. The van der Waals surface area contributed by atoms with Crippen LogP contribution >= 0.6 is 0 Å². The van der Waals surface area contributed by atoms with Gasteiger partial charge in [-0.05, 0) is 31.2 Å². The van der Waals surface area contributed by atoms with E-state index in [1.807, 2.05) is 6.07 Å². The predicted octanol–water partition coefficient (Wildman–Crippen LogP) is 2.28. The number of amides is 1. The molecule has 0 atom stereocenters. The molecule has 7 heteroatoms. The van der Waals surface area contributed by atoms with Gasteiger partial charge in [0.2, 0.25) is 0 Å². The Bertz CT molecular complexity index is 786. The Kier molecular flexibility index (Phi) is 6.51. The van der Waals surface area contributed by atoms with Crippen LogP contribution in [-0.2, 0) is 4.74 Å². The number of anilines is 2. The van der Waals surface area contributed by atoms with E-state index in [0.717, 1.165) is 45.1 Å². The number of nitrogens with one attached hydrogen (secondary N) is 2. The number of rotatable bonds is 7. The van der Waals surface area contributed by atoms with Gasteiger partial charge in [-0.25, -0.2) is 4.98 Å². The Labute approximate surface area is 158 Å². The van der Waals surface area contributed by atoms with Crippen LogP contribution in [0.1, 0.15) is 27.8 Å². The van der Waals surface area contributed by atoms with Crippen LogP contribution in [0.3, 0.4) is 0 Å². The number of morpholine rings is 1. The number of benzene rings is 1. The minimum Gasteiger partial charge on any atom is -0.383 e. The summed E-state index contributed by atoms with van der Waals surface area (Å²) in [6.07, 6.45) is 1.65. The summed E-state index contributed by atoms with van der Waals surface area (Å²) in [5.41, 5.74) is 2.32. The fourth-order valence-corrected chi connectivity index (χ4v) is 2.83. The van der Waals surface area contributed by atoms with Crippen LogP contribution in [0.5, 0.6) is 0 Å². The molecule has 1 aliphatic rings. The van der Waals surface area contributed by atoms with Gasteiger partial charge in [0.1, 0.15) is 5.69 Å². The lowest BCUT2D eigenvalue weighted by atomic mass is 10.1. The average Bonchev–Trinajstić information content (AvgIpc) is 2.69. The summed E-state index contributed by atoms with van der Waals surface area (Å²) in [5.74, 6) is -0.354. The zero-order valence-electron chi connectivity index (χ0n) is 15.4. The second-order valence-corrected chi connectivity index (χ2v) is 6.40. The van der Waals surface area contributed by atoms with Gasteiger partial charge in [-0.1, -0.05) is 12.1 Å². The number of carbonyl (C=O) groups is 2. The molecule has 0 bridgehead atoms. The normalized spacial score (nSPS) is 14.6. The molecule has 1 aliphatic heterocycles. The maximum absolute atomic E-state index is 12.3. The van der Waals surface area contributed by atoms with Crippen molar-refractivity contribution in [1.82, 2.24) is 9.88 Å². The lowest BCUT2D eigenvalue weighted by Crippen LogP contribution is -2.39. The van der Waals surface area contributed by atoms with Crippen molar-refractivity contribution in [3.8, 4) is 0 Å². The number of hydrogen-bond acceptors (Lipinski definition) is 6. The van der Waals surface area contributed by atoms with Gasteiger partial charge in [-0.3, -0.25) is 14.5 Å². The van der Waals surface area contributed by atoms with Gasteiger partial charge in [-0.2, -0.15) is 0 Å². The highest BCUT2D eigenvalue weighted by Gasteiger charge is 2.11. The van der Waals surface area contributed by atoms with Crippen molar-refractivity contribution in [3.05, 3.63) is 53.9 Å². The van der Waals surface area contributed by atoms with Crippen molar-refractivity contribution in [2.75, 3.05) is 50.0 Å². The molecular formula is C20H24N4O3. The molecule has 2 N–H and O–H groups in total. The van der Waals surface area contributed by atoms with E-state index < -0.39 is 0 Å². The highest BCUT2D eigenvalue weighted by atomic mass is 16.5. The summed E-state index contributed by atoms with van der Waals surface area (Å²) in [6.45, 7) is 6.76. The van der Waals surface area contributed by atoms with E-state index in [1.165, 1.54) is 6.92 Å². The van der Waals surface area contributed by atoms with Gasteiger partial charge in [0, 0.05) is 37.4 Å². The number of pyridine rings is 1. The van der Waals surface area contributed by atoms with E-state index >= 15 is 0 Å². The van der Waals surface area contributed by atoms with E-state index in [1.54, 1.807) is 36.5 Å². The largest absolute Gasteiger partial charge is 0.383 e. The third-order valence-corrected chi connectivity index (χ3v) is 4.38. The second-order valence-electron chi connectivity index (χ2n) is 6.40. The van der Waals surface area contributed by atoms with Crippen LogP contribution in [0.2, 0.25) is 0 Å². The molecule has 3 rings (SSSR count). The standard InChI is InChI=1S/C20H24N4O3/c1-15(25)16-3-2-4-17(13-16)23-20(26)19-6-5-18(14-22-19)21-7-8-24-9-11-27-12-10-24/h2-6,13-14,21H,7-12H2,1H3,(H,23,26). The van der Waals surface area contributed by atoms with Crippen molar-refractivity contribution in [1.29, 1.82) is 0 Å². The molecule has 2 heterocycles. The van der Waals surface area contributed by atoms with Crippen LogP contribution in [0, 0.1) is 0 Å². The van der Waals surface area contributed by atoms with Gasteiger partial charge >= 0.3 is 0 Å². The Morgan fingerprint density at radius 1 is 1.15 bits per heavy atom. The highest BCUT2D eigenvalue weighted by molar-refractivity contribution is 6.04. The van der Waals surface area contributed by atoms with Gasteiger partial charge < -0.3 is 15.4 Å². The molecule has 1 amide bonds. The molecule has 1 aromatic carbocycles. The van der Waals surface area contributed by atoms with Crippen molar-refractivity contribution in [2.24, 2.45) is 0 Å². The zero-order valence-corrected chi connectivity index (χ0v) is 15.4. The van der Waals surface area contributed by atoms with Crippen LogP contribution < -0.4 is 10.6 Å². The third kappa shape index (κ3) is 5.60. The summed E-state index contributed by atoms with van der Waals surface area (Å²) < 4.78 is 5.33. The first-order valence-electron chi connectivity index (χ1n) is 9.04. The summed E-state index contributed by atoms with van der Waals surface area (Å²) >= 11 is 0. The second kappa shape index (κ2) is 9.25. The number of ether oxygens (including phenoxy) is 1. The van der Waals surface area contributed by atoms with Crippen LogP contribution in [0.15, 0.2) is 42.6 Å². The number of hydrogen-bond donors (Lipinski definition) is 2. The number of carbonyl (C=O) groups excluding carboxylic acids is 2. The highest BCUT2D eigenvalue weighted by Crippen LogP contribution is 2.13. The molecule has 0 saturated carbocycles. The maximum atomic E-state index is 12.3. The summed E-state index contributed by atoms with van der Waals surface area (Å²) in [5, 5.41) is 6.08. The SMILES string of the molecule is CC(=O)c1cccc(NC(=O)c2ccc(NCCN3CCOCC3)cn2)c1. The fraction of sp³-hybridized carbons (Fsp3) is 0.350. The van der Waals surface area contributed by atoms with Crippen LogP contribution in [-0.4, -0.2) is 61.0 Å². The molecule has 1 aromatic heterocycles. The molecular weight excluding hydrogens is 344 g/mol. The first-order chi connectivity index (χ1) is 13.1. The summed E-state index contributed by atoms with van der Waals surface area (Å²) in [7, 11) is 0. The van der Waals surface area contributed by atoms with E-state index in [-0.39, 0.29) is 11.7 Å². The number of aromatic nitrogens is 1. The number of Topliss-reactive ketones (excluding diaryl/α,β-unsaturated/α-hetero) is 1. The van der Waals surface area contributed by atoms with E-state index in [4.69, 9.17) is 4.74 Å². The zero-order chi connectivity index (χ0) is 19.1. The van der Waals surface area contributed by atoms with Crippen molar-refractivity contribution < 1.29 is 14.3 Å². The Hall–Kier alpha value is -2.77. The minimum atomic E-state index is -0.310.